The number of aromatic nitrogens is 2. The van der Waals surface area contributed by atoms with Crippen molar-refractivity contribution in [1.82, 2.24) is 9.97 Å². The molecular formula is C16H20N2O. The van der Waals surface area contributed by atoms with Gasteiger partial charge in [-0.25, -0.2) is 9.97 Å². The van der Waals surface area contributed by atoms with Crippen molar-refractivity contribution in [2.45, 2.75) is 32.6 Å². The maximum absolute atomic E-state index is 5.17. The Bertz CT molecular complexity index is 547. The number of hydrogen-bond donors (Lipinski definition) is 0. The Morgan fingerprint density at radius 1 is 1.11 bits per heavy atom. The molecular weight excluding hydrogens is 236 g/mol. The summed E-state index contributed by atoms with van der Waals surface area (Å²) in [6.45, 7) is 6.58. The fourth-order valence-electron chi connectivity index (χ4n) is 1.83. The molecule has 3 heteroatoms. The van der Waals surface area contributed by atoms with Crippen molar-refractivity contribution >= 4 is 0 Å². The van der Waals surface area contributed by atoms with Gasteiger partial charge in [0.25, 0.3) is 0 Å². The molecule has 0 unspecified atom stereocenters. The Hall–Kier alpha value is -1.90. The van der Waals surface area contributed by atoms with E-state index < -0.39 is 0 Å². The van der Waals surface area contributed by atoms with Crippen LogP contribution in [0.3, 0.4) is 0 Å². The summed E-state index contributed by atoms with van der Waals surface area (Å²) < 4.78 is 5.17. The average Bonchev–Trinajstić information content (AvgIpc) is 2.47. The van der Waals surface area contributed by atoms with Crippen LogP contribution in [0, 0.1) is 0 Å². The van der Waals surface area contributed by atoms with Crippen LogP contribution in [-0.4, -0.2) is 17.1 Å². The molecule has 1 heterocycles. The molecule has 0 N–H and O–H groups in total. The van der Waals surface area contributed by atoms with Crippen molar-refractivity contribution in [2.24, 2.45) is 0 Å². The molecule has 0 saturated carbocycles. The van der Waals surface area contributed by atoms with Gasteiger partial charge in [0.1, 0.15) is 12.1 Å². The number of ether oxygens (including phenoxy) is 1. The molecule has 100 valence electrons. The normalized spacial score (nSPS) is 11.4. The first kappa shape index (κ1) is 13.5. The fraction of sp³-hybridized carbons (Fsp3) is 0.375. The van der Waals surface area contributed by atoms with Gasteiger partial charge in [-0.1, -0.05) is 20.8 Å². The summed E-state index contributed by atoms with van der Waals surface area (Å²) in [6, 6.07) is 10.0. The highest BCUT2D eigenvalue weighted by molar-refractivity contribution is 5.60. The van der Waals surface area contributed by atoms with Gasteiger partial charge in [0, 0.05) is 16.7 Å². The highest BCUT2D eigenvalue weighted by Gasteiger charge is 2.20. The lowest BCUT2D eigenvalue weighted by molar-refractivity contribution is 0.415. The maximum atomic E-state index is 5.17. The minimum atomic E-state index is 0.0736. The van der Waals surface area contributed by atoms with Crippen LogP contribution < -0.4 is 4.74 Å². The van der Waals surface area contributed by atoms with Crippen molar-refractivity contribution in [3.05, 3.63) is 42.4 Å². The fourth-order valence-corrected chi connectivity index (χ4v) is 1.83. The summed E-state index contributed by atoms with van der Waals surface area (Å²) >= 11 is 0. The van der Waals surface area contributed by atoms with Crippen molar-refractivity contribution in [1.29, 1.82) is 0 Å². The van der Waals surface area contributed by atoms with E-state index in [9.17, 15) is 0 Å². The van der Waals surface area contributed by atoms with Gasteiger partial charge in [0.05, 0.1) is 12.8 Å². The third-order valence-corrected chi connectivity index (χ3v) is 3.63. The Labute approximate surface area is 114 Å². The highest BCUT2D eigenvalue weighted by atomic mass is 16.5. The smallest absolute Gasteiger partial charge is 0.118 e. The molecule has 0 aliphatic carbocycles. The molecule has 0 bridgehead atoms. The number of nitrogens with zero attached hydrogens (tertiary/aromatic N) is 2. The summed E-state index contributed by atoms with van der Waals surface area (Å²) in [5, 5.41) is 0. The monoisotopic (exact) mass is 256 g/mol. The van der Waals surface area contributed by atoms with Gasteiger partial charge < -0.3 is 4.74 Å². The van der Waals surface area contributed by atoms with Crippen LogP contribution in [-0.2, 0) is 5.41 Å². The van der Waals surface area contributed by atoms with E-state index in [0.717, 1.165) is 29.1 Å². The number of rotatable bonds is 4. The lowest BCUT2D eigenvalue weighted by atomic mass is 9.86. The van der Waals surface area contributed by atoms with Gasteiger partial charge in [0.2, 0.25) is 0 Å². The molecule has 0 fully saturated rings. The predicted octanol–water partition coefficient (Wildman–Crippen LogP) is 3.84. The first-order valence-corrected chi connectivity index (χ1v) is 6.54. The highest BCUT2D eigenvalue weighted by Crippen LogP contribution is 2.28. The largest absolute Gasteiger partial charge is 0.497 e. The van der Waals surface area contributed by atoms with E-state index in [1.165, 1.54) is 0 Å². The molecule has 19 heavy (non-hydrogen) atoms. The van der Waals surface area contributed by atoms with E-state index in [0.29, 0.717) is 0 Å². The third-order valence-electron chi connectivity index (χ3n) is 3.63. The van der Waals surface area contributed by atoms with E-state index in [4.69, 9.17) is 4.74 Å². The van der Waals surface area contributed by atoms with Crippen LogP contribution in [0.1, 0.15) is 32.9 Å². The number of hydrogen-bond acceptors (Lipinski definition) is 3. The second-order valence-corrected chi connectivity index (χ2v) is 5.25. The molecule has 1 aromatic carbocycles. The summed E-state index contributed by atoms with van der Waals surface area (Å²) in [7, 11) is 1.67. The van der Waals surface area contributed by atoms with E-state index >= 15 is 0 Å². The minimum absolute atomic E-state index is 0.0736. The quantitative estimate of drug-likeness (QED) is 0.833. The molecule has 2 rings (SSSR count). The van der Waals surface area contributed by atoms with Gasteiger partial charge in [0.15, 0.2) is 0 Å². The zero-order valence-corrected chi connectivity index (χ0v) is 12.0. The summed E-state index contributed by atoms with van der Waals surface area (Å²) in [5.74, 6) is 0.854. The topological polar surface area (TPSA) is 35.0 Å². The predicted molar refractivity (Wildman–Crippen MR) is 77.3 cm³/mol. The van der Waals surface area contributed by atoms with E-state index in [1.807, 2.05) is 24.3 Å². The van der Waals surface area contributed by atoms with Gasteiger partial charge in [-0.2, -0.15) is 0 Å². The number of benzene rings is 1. The average molecular weight is 256 g/mol. The molecule has 2 aromatic rings. The van der Waals surface area contributed by atoms with Crippen LogP contribution in [0.4, 0.5) is 0 Å². The summed E-state index contributed by atoms with van der Waals surface area (Å²) in [5.41, 5.74) is 3.19. The summed E-state index contributed by atoms with van der Waals surface area (Å²) in [6.07, 6.45) is 2.69. The second-order valence-electron chi connectivity index (χ2n) is 5.25. The van der Waals surface area contributed by atoms with Crippen LogP contribution in [0.2, 0.25) is 0 Å². The zero-order chi connectivity index (χ0) is 13.9. The summed E-state index contributed by atoms with van der Waals surface area (Å²) in [4.78, 5) is 8.77. The van der Waals surface area contributed by atoms with Gasteiger partial charge in [-0.3, -0.25) is 0 Å². The Morgan fingerprint density at radius 2 is 1.79 bits per heavy atom. The Morgan fingerprint density at radius 3 is 2.37 bits per heavy atom. The van der Waals surface area contributed by atoms with Crippen LogP contribution in [0.15, 0.2) is 36.7 Å². The lowest BCUT2D eigenvalue weighted by Gasteiger charge is -2.22. The first-order valence-electron chi connectivity index (χ1n) is 6.54. The number of methoxy groups -OCH3 is 1. The van der Waals surface area contributed by atoms with Crippen molar-refractivity contribution in [3.8, 4) is 17.0 Å². The van der Waals surface area contributed by atoms with Crippen molar-refractivity contribution in [2.75, 3.05) is 7.11 Å². The molecule has 1 aromatic heterocycles. The van der Waals surface area contributed by atoms with Crippen molar-refractivity contribution < 1.29 is 4.74 Å². The Kier molecular flexibility index (Phi) is 3.84. The van der Waals surface area contributed by atoms with E-state index in [1.54, 1.807) is 13.4 Å². The standard InChI is InChI=1S/C16H20N2O/c1-5-16(2,3)15-10-14(17-11-18-15)12-6-8-13(19-4)9-7-12/h6-11H,5H2,1-4H3. The molecule has 0 aliphatic rings. The first-order chi connectivity index (χ1) is 9.06. The van der Waals surface area contributed by atoms with Crippen LogP contribution in [0.25, 0.3) is 11.3 Å². The van der Waals surface area contributed by atoms with Crippen LogP contribution in [0.5, 0.6) is 5.75 Å². The molecule has 0 amide bonds. The molecule has 3 nitrogen and oxygen atoms in total. The maximum Gasteiger partial charge on any atom is 0.118 e. The molecule has 0 aliphatic heterocycles. The SMILES string of the molecule is CCC(C)(C)c1cc(-c2ccc(OC)cc2)ncn1. The van der Waals surface area contributed by atoms with E-state index in [2.05, 4.69) is 36.8 Å². The van der Waals surface area contributed by atoms with Crippen molar-refractivity contribution in [3.63, 3.8) is 0 Å². The molecule has 0 spiro atoms. The lowest BCUT2D eigenvalue weighted by Crippen LogP contribution is -2.17. The van der Waals surface area contributed by atoms with Crippen LogP contribution >= 0.6 is 0 Å². The minimum Gasteiger partial charge on any atom is -0.497 e. The second kappa shape index (κ2) is 5.39. The third kappa shape index (κ3) is 2.92. The van der Waals surface area contributed by atoms with E-state index in [-0.39, 0.29) is 5.41 Å². The molecule has 0 atom stereocenters. The van der Waals surface area contributed by atoms with Gasteiger partial charge in [-0.15, -0.1) is 0 Å². The van der Waals surface area contributed by atoms with Gasteiger partial charge in [-0.05, 0) is 36.8 Å². The zero-order valence-electron chi connectivity index (χ0n) is 12.0. The molecule has 0 radical (unpaired) electrons. The van der Waals surface area contributed by atoms with Gasteiger partial charge >= 0.3 is 0 Å². The Balaban J connectivity index is 2.37. The molecule has 0 saturated heterocycles.